The average Bonchev–Trinajstić information content (AvgIpc) is 2.72. The van der Waals surface area contributed by atoms with Crippen LogP contribution in [-0.2, 0) is 6.42 Å². The lowest BCUT2D eigenvalue weighted by Crippen LogP contribution is -2.23. The number of carbonyl (C=O) groups is 1. The highest BCUT2D eigenvalue weighted by Gasteiger charge is 2.10. The Bertz CT molecular complexity index is 598. The van der Waals surface area contributed by atoms with Gasteiger partial charge in [0, 0.05) is 18.4 Å². The molecule has 2 heterocycles. The van der Waals surface area contributed by atoms with Gasteiger partial charge in [-0.2, -0.15) is 0 Å². The third kappa shape index (κ3) is 2.14. The van der Waals surface area contributed by atoms with Crippen molar-refractivity contribution in [3.8, 4) is 0 Å². The second-order valence-electron chi connectivity index (χ2n) is 4.14. The number of rotatable bonds is 4. The maximum absolute atomic E-state index is 11.8. The van der Waals surface area contributed by atoms with Gasteiger partial charge >= 0.3 is 0 Å². The number of nitrogens with one attached hydrogen (secondary N) is 1. The molecular formula is C14H17N3O. The zero-order valence-electron chi connectivity index (χ0n) is 10.7. The van der Waals surface area contributed by atoms with Gasteiger partial charge in [-0.05, 0) is 25.5 Å². The van der Waals surface area contributed by atoms with E-state index in [1.54, 1.807) is 12.1 Å². The summed E-state index contributed by atoms with van der Waals surface area (Å²) in [5.74, 6) is -0.0945. The molecule has 0 atom stereocenters. The van der Waals surface area contributed by atoms with Crippen LogP contribution in [0.2, 0.25) is 0 Å². The predicted octanol–water partition coefficient (Wildman–Crippen LogP) is 2.12. The van der Waals surface area contributed by atoms with Crippen LogP contribution in [-0.4, -0.2) is 21.8 Å². The van der Waals surface area contributed by atoms with E-state index >= 15 is 0 Å². The number of fused-ring (bicyclic) bond motifs is 1. The van der Waals surface area contributed by atoms with E-state index in [0.717, 1.165) is 23.5 Å². The molecule has 0 aliphatic heterocycles. The number of imidazole rings is 1. The summed E-state index contributed by atoms with van der Waals surface area (Å²) < 4.78 is 1.96. The lowest BCUT2D eigenvalue weighted by atomic mass is 10.2. The Kier molecular flexibility index (Phi) is 3.46. The fraction of sp³-hybridized carbons (Fsp3) is 0.286. The maximum atomic E-state index is 11.8. The number of hydrogen-bond acceptors (Lipinski definition) is 2. The molecule has 1 amide bonds. The highest BCUT2D eigenvalue weighted by molar-refractivity contribution is 5.94. The molecule has 0 saturated heterocycles. The number of amides is 1. The third-order valence-corrected chi connectivity index (χ3v) is 2.96. The Balaban J connectivity index is 2.40. The summed E-state index contributed by atoms with van der Waals surface area (Å²) in [6.07, 6.45) is 4.38. The zero-order valence-corrected chi connectivity index (χ0v) is 10.7. The lowest BCUT2D eigenvalue weighted by molar-refractivity contribution is 0.0957. The SMILES string of the molecule is C=CCNC(=O)c1ccc2nc(CC)c(C)n2c1. The Morgan fingerprint density at radius 2 is 2.33 bits per heavy atom. The molecular weight excluding hydrogens is 226 g/mol. The summed E-state index contributed by atoms with van der Waals surface area (Å²) in [6.45, 7) is 8.14. The minimum Gasteiger partial charge on any atom is -0.349 e. The molecule has 4 nitrogen and oxygen atoms in total. The maximum Gasteiger partial charge on any atom is 0.253 e. The zero-order chi connectivity index (χ0) is 13.1. The van der Waals surface area contributed by atoms with Crippen LogP contribution in [0.15, 0.2) is 31.0 Å². The van der Waals surface area contributed by atoms with Crippen molar-refractivity contribution in [2.24, 2.45) is 0 Å². The van der Waals surface area contributed by atoms with Crippen LogP contribution in [0, 0.1) is 6.92 Å². The number of carbonyl (C=O) groups excluding carboxylic acids is 1. The summed E-state index contributed by atoms with van der Waals surface area (Å²) in [6, 6.07) is 3.66. The molecule has 18 heavy (non-hydrogen) atoms. The van der Waals surface area contributed by atoms with Gasteiger partial charge in [0.2, 0.25) is 0 Å². The molecule has 0 saturated carbocycles. The van der Waals surface area contributed by atoms with Crippen molar-refractivity contribution < 1.29 is 4.79 Å². The van der Waals surface area contributed by atoms with E-state index in [-0.39, 0.29) is 5.91 Å². The Morgan fingerprint density at radius 3 is 3.00 bits per heavy atom. The van der Waals surface area contributed by atoms with Gasteiger partial charge in [-0.3, -0.25) is 4.79 Å². The molecule has 0 spiro atoms. The Morgan fingerprint density at radius 1 is 1.56 bits per heavy atom. The van der Waals surface area contributed by atoms with Gasteiger partial charge in [0.15, 0.2) is 0 Å². The molecule has 0 unspecified atom stereocenters. The molecule has 2 aromatic rings. The first-order chi connectivity index (χ1) is 8.67. The quantitative estimate of drug-likeness (QED) is 0.836. The molecule has 1 N–H and O–H groups in total. The van der Waals surface area contributed by atoms with Crippen LogP contribution in [0.4, 0.5) is 0 Å². The monoisotopic (exact) mass is 243 g/mol. The van der Waals surface area contributed by atoms with E-state index in [0.29, 0.717) is 12.1 Å². The van der Waals surface area contributed by atoms with Crippen LogP contribution < -0.4 is 5.32 Å². The van der Waals surface area contributed by atoms with Crippen molar-refractivity contribution in [3.05, 3.63) is 47.9 Å². The average molecular weight is 243 g/mol. The second-order valence-corrected chi connectivity index (χ2v) is 4.14. The van der Waals surface area contributed by atoms with E-state index in [1.807, 2.05) is 23.6 Å². The number of hydrogen-bond donors (Lipinski definition) is 1. The van der Waals surface area contributed by atoms with E-state index in [1.165, 1.54) is 0 Å². The van der Waals surface area contributed by atoms with Crippen LogP contribution in [0.25, 0.3) is 5.65 Å². The number of aromatic nitrogens is 2. The molecule has 2 aromatic heterocycles. The molecule has 0 fully saturated rings. The summed E-state index contributed by atoms with van der Waals surface area (Å²) in [7, 11) is 0. The highest BCUT2D eigenvalue weighted by Crippen LogP contribution is 2.13. The van der Waals surface area contributed by atoms with Crippen molar-refractivity contribution in [2.75, 3.05) is 6.54 Å². The molecule has 2 rings (SSSR count). The summed E-state index contributed by atoms with van der Waals surface area (Å²) >= 11 is 0. The first-order valence-electron chi connectivity index (χ1n) is 6.04. The van der Waals surface area contributed by atoms with Gasteiger partial charge in [-0.1, -0.05) is 13.0 Å². The number of nitrogens with zero attached hydrogens (tertiary/aromatic N) is 2. The van der Waals surface area contributed by atoms with E-state index in [9.17, 15) is 4.79 Å². The molecule has 4 heteroatoms. The van der Waals surface area contributed by atoms with E-state index in [4.69, 9.17) is 0 Å². The van der Waals surface area contributed by atoms with Crippen molar-refractivity contribution in [1.29, 1.82) is 0 Å². The fourth-order valence-corrected chi connectivity index (χ4v) is 1.95. The van der Waals surface area contributed by atoms with Crippen LogP contribution >= 0.6 is 0 Å². The van der Waals surface area contributed by atoms with Gasteiger partial charge in [0.05, 0.1) is 11.3 Å². The van der Waals surface area contributed by atoms with Gasteiger partial charge in [-0.25, -0.2) is 4.98 Å². The highest BCUT2D eigenvalue weighted by atomic mass is 16.1. The summed E-state index contributed by atoms with van der Waals surface area (Å²) in [4.78, 5) is 16.4. The number of aryl methyl sites for hydroxylation is 2. The fourth-order valence-electron chi connectivity index (χ4n) is 1.95. The standard InChI is InChI=1S/C14H17N3O/c1-4-8-15-14(18)11-6-7-13-16-12(5-2)10(3)17(13)9-11/h4,6-7,9H,1,5,8H2,2-3H3,(H,15,18). The first kappa shape index (κ1) is 12.4. The van der Waals surface area contributed by atoms with Crippen LogP contribution in [0.3, 0.4) is 0 Å². The van der Waals surface area contributed by atoms with Crippen molar-refractivity contribution >= 4 is 11.6 Å². The third-order valence-electron chi connectivity index (χ3n) is 2.96. The van der Waals surface area contributed by atoms with Crippen molar-refractivity contribution in [2.45, 2.75) is 20.3 Å². The van der Waals surface area contributed by atoms with Crippen molar-refractivity contribution in [3.63, 3.8) is 0 Å². The molecule has 0 aliphatic rings. The minimum atomic E-state index is -0.0945. The molecule has 94 valence electrons. The van der Waals surface area contributed by atoms with Gasteiger partial charge in [-0.15, -0.1) is 6.58 Å². The number of pyridine rings is 1. The van der Waals surface area contributed by atoms with E-state index < -0.39 is 0 Å². The molecule has 0 aliphatic carbocycles. The predicted molar refractivity (Wildman–Crippen MR) is 71.8 cm³/mol. The summed E-state index contributed by atoms with van der Waals surface area (Å²) in [5, 5.41) is 2.76. The Hall–Kier alpha value is -2.10. The Labute approximate surface area is 106 Å². The van der Waals surface area contributed by atoms with Gasteiger partial charge in [0.1, 0.15) is 5.65 Å². The minimum absolute atomic E-state index is 0.0945. The lowest BCUT2D eigenvalue weighted by Gasteiger charge is -2.04. The first-order valence-corrected chi connectivity index (χ1v) is 6.04. The molecule has 0 bridgehead atoms. The van der Waals surface area contributed by atoms with Crippen molar-refractivity contribution in [1.82, 2.24) is 14.7 Å². The van der Waals surface area contributed by atoms with Gasteiger partial charge < -0.3 is 9.72 Å². The van der Waals surface area contributed by atoms with Crippen LogP contribution in [0.5, 0.6) is 0 Å². The topological polar surface area (TPSA) is 46.4 Å². The molecule has 0 aromatic carbocycles. The summed E-state index contributed by atoms with van der Waals surface area (Å²) in [5.41, 5.74) is 3.67. The van der Waals surface area contributed by atoms with Crippen LogP contribution in [0.1, 0.15) is 28.7 Å². The normalized spacial score (nSPS) is 10.6. The van der Waals surface area contributed by atoms with E-state index in [2.05, 4.69) is 23.8 Å². The largest absolute Gasteiger partial charge is 0.349 e. The van der Waals surface area contributed by atoms with Gasteiger partial charge in [0.25, 0.3) is 5.91 Å². The molecule has 0 radical (unpaired) electrons. The second kappa shape index (κ2) is 5.04. The smallest absolute Gasteiger partial charge is 0.253 e.